The van der Waals surface area contributed by atoms with Crippen molar-refractivity contribution >= 4 is 25.5 Å². The number of rotatable bonds is 5. The lowest BCUT2D eigenvalue weighted by Crippen LogP contribution is -2.21. The van der Waals surface area contributed by atoms with Gasteiger partial charge in [-0.25, -0.2) is 22.0 Å². The smallest absolute Gasteiger partial charge is 0.238 e. The number of sulfone groups is 1. The molecule has 3 rings (SSSR count). The van der Waals surface area contributed by atoms with Crippen LogP contribution >= 0.6 is 0 Å². The molecule has 0 saturated heterocycles. The fourth-order valence-corrected chi connectivity index (χ4v) is 4.39. The van der Waals surface area contributed by atoms with Gasteiger partial charge in [-0.1, -0.05) is 6.07 Å². The third-order valence-electron chi connectivity index (χ3n) is 4.10. The number of primary sulfonamides is 1. The molecule has 1 heterocycles. The van der Waals surface area contributed by atoms with Crippen LogP contribution in [0.3, 0.4) is 0 Å². The second-order valence-corrected chi connectivity index (χ2v) is 9.83. The predicted octanol–water partition coefficient (Wildman–Crippen LogP) is 1.15. The summed E-state index contributed by atoms with van der Waals surface area (Å²) >= 11 is 0. The highest BCUT2D eigenvalue weighted by atomic mass is 32.2. The van der Waals surface area contributed by atoms with Gasteiger partial charge in [0.2, 0.25) is 10.0 Å². The Labute approximate surface area is 158 Å². The number of benzene rings is 2. The lowest BCUT2D eigenvalue weighted by molar-refractivity contribution is 0.171. The number of hydrogen-bond acceptors (Lipinski definition) is 7. The zero-order valence-corrected chi connectivity index (χ0v) is 16.5. The topological polar surface area (TPSA) is 116 Å². The number of anilines is 1. The van der Waals surface area contributed by atoms with Gasteiger partial charge in [-0.15, -0.1) is 0 Å². The first-order valence-corrected chi connectivity index (χ1v) is 11.5. The molecule has 10 heteroatoms. The second-order valence-electron chi connectivity index (χ2n) is 6.28. The van der Waals surface area contributed by atoms with Crippen LogP contribution < -0.4 is 19.5 Å². The van der Waals surface area contributed by atoms with E-state index >= 15 is 0 Å². The van der Waals surface area contributed by atoms with Crippen LogP contribution in [0.2, 0.25) is 0 Å². The van der Waals surface area contributed by atoms with Crippen LogP contribution in [-0.2, 0) is 26.4 Å². The number of fused-ring (bicyclic) bond motifs is 1. The van der Waals surface area contributed by atoms with Crippen LogP contribution in [0.4, 0.5) is 5.69 Å². The average Bonchev–Trinajstić information content (AvgIpc) is 2.59. The zero-order valence-electron chi connectivity index (χ0n) is 14.9. The quantitative estimate of drug-likeness (QED) is 0.783. The molecule has 146 valence electrons. The monoisotopic (exact) mass is 412 g/mol. The Balaban J connectivity index is 1.95. The average molecular weight is 412 g/mol. The lowest BCUT2D eigenvalue weighted by Gasteiger charge is -2.24. The number of nitrogens with two attached hydrogens (primary N) is 1. The van der Waals surface area contributed by atoms with E-state index in [4.69, 9.17) is 14.6 Å². The molecular weight excluding hydrogens is 392 g/mol. The largest absolute Gasteiger partial charge is 0.486 e. The van der Waals surface area contributed by atoms with Gasteiger partial charge >= 0.3 is 0 Å². The van der Waals surface area contributed by atoms with Crippen LogP contribution in [-0.4, -0.2) is 43.4 Å². The van der Waals surface area contributed by atoms with Crippen molar-refractivity contribution in [1.82, 2.24) is 0 Å². The fourth-order valence-electron chi connectivity index (χ4n) is 2.83. The molecule has 2 aromatic carbocycles. The Morgan fingerprint density at radius 1 is 1.00 bits per heavy atom. The van der Waals surface area contributed by atoms with E-state index in [2.05, 4.69) is 0 Å². The fraction of sp³-hybridized carbons (Fsp3) is 0.294. The van der Waals surface area contributed by atoms with Crippen LogP contribution in [0.1, 0.15) is 5.56 Å². The van der Waals surface area contributed by atoms with E-state index in [-0.39, 0.29) is 9.79 Å². The van der Waals surface area contributed by atoms with Crippen molar-refractivity contribution in [2.45, 2.75) is 16.3 Å². The van der Waals surface area contributed by atoms with Crippen LogP contribution in [0.15, 0.2) is 46.2 Å². The van der Waals surface area contributed by atoms with Gasteiger partial charge < -0.3 is 14.4 Å². The molecule has 0 radical (unpaired) electrons. The summed E-state index contributed by atoms with van der Waals surface area (Å²) in [5.74, 6) is 1.31. The minimum atomic E-state index is -4.01. The maximum atomic E-state index is 12.2. The summed E-state index contributed by atoms with van der Waals surface area (Å²) in [6.07, 6.45) is 1.02. The molecule has 0 spiro atoms. The first-order valence-electron chi connectivity index (χ1n) is 8.02. The van der Waals surface area contributed by atoms with Gasteiger partial charge in [0.15, 0.2) is 21.3 Å². The van der Waals surface area contributed by atoms with Crippen molar-refractivity contribution in [2.75, 3.05) is 31.4 Å². The number of nitrogens with zero attached hydrogens (tertiary/aromatic N) is 1. The zero-order chi connectivity index (χ0) is 19.8. The molecule has 0 aromatic heterocycles. The molecule has 0 aliphatic carbocycles. The van der Waals surface area contributed by atoms with Gasteiger partial charge in [-0.2, -0.15) is 0 Å². The van der Waals surface area contributed by atoms with Gasteiger partial charge in [0.25, 0.3) is 0 Å². The summed E-state index contributed by atoms with van der Waals surface area (Å²) < 4.78 is 58.5. The molecule has 0 unspecified atom stereocenters. The molecule has 1 aliphatic heterocycles. The van der Waals surface area contributed by atoms with Crippen LogP contribution in [0.25, 0.3) is 0 Å². The highest BCUT2D eigenvalue weighted by molar-refractivity contribution is 7.91. The summed E-state index contributed by atoms with van der Waals surface area (Å²) in [6.45, 7) is 1.35. The first kappa shape index (κ1) is 19.5. The summed E-state index contributed by atoms with van der Waals surface area (Å²) in [5, 5.41) is 5.12. The van der Waals surface area contributed by atoms with E-state index in [9.17, 15) is 16.8 Å². The van der Waals surface area contributed by atoms with Gasteiger partial charge in [0.1, 0.15) is 13.2 Å². The highest BCUT2D eigenvalue weighted by Crippen LogP contribution is 2.33. The number of hydrogen-bond donors (Lipinski definition) is 1. The van der Waals surface area contributed by atoms with Crippen molar-refractivity contribution in [2.24, 2.45) is 5.14 Å². The molecule has 0 fully saturated rings. The number of ether oxygens (including phenoxy) is 2. The normalized spacial score (nSPS) is 14.0. The number of sulfonamides is 1. The third-order valence-corrected chi connectivity index (χ3v) is 6.13. The maximum Gasteiger partial charge on any atom is 0.238 e. The first-order chi connectivity index (χ1) is 12.6. The molecule has 2 aromatic rings. The molecule has 27 heavy (non-hydrogen) atoms. The van der Waals surface area contributed by atoms with Crippen LogP contribution in [0, 0.1) is 0 Å². The van der Waals surface area contributed by atoms with Gasteiger partial charge in [0, 0.05) is 19.8 Å². The van der Waals surface area contributed by atoms with E-state index in [1.165, 1.54) is 12.1 Å². The minimum absolute atomic E-state index is 0.103. The maximum absolute atomic E-state index is 12.2. The highest BCUT2D eigenvalue weighted by Gasteiger charge is 2.21. The van der Waals surface area contributed by atoms with Crippen molar-refractivity contribution in [3.8, 4) is 11.5 Å². The van der Waals surface area contributed by atoms with Crippen molar-refractivity contribution in [3.05, 3.63) is 42.0 Å². The Bertz CT molecular complexity index is 1080. The van der Waals surface area contributed by atoms with Crippen molar-refractivity contribution < 1.29 is 26.3 Å². The van der Waals surface area contributed by atoms with E-state index in [1.54, 1.807) is 18.0 Å². The Morgan fingerprint density at radius 2 is 1.67 bits per heavy atom. The van der Waals surface area contributed by atoms with Gasteiger partial charge in [-0.3, -0.25) is 0 Å². The van der Waals surface area contributed by atoms with E-state index in [1.807, 2.05) is 12.1 Å². The molecule has 0 bridgehead atoms. The Hall–Kier alpha value is -2.30. The van der Waals surface area contributed by atoms with E-state index < -0.39 is 19.9 Å². The second kappa shape index (κ2) is 7.02. The third kappa shape index (κ3) is 4.34. The molecular formula is C17H20N2O6S2. The SMILES string of the molecule is CN(Cc1ccc2c(c1)OCCO2)c1ccc(S(N)(=O)=O)cc1S(C)(=O)=O. The van der Waals surface area contributed by atoms with Gasteiger partial charge in [0.05, 0.1) is 15.5 Å². The summed E-state index contributed by atoms with van der Waals surface area (Å²) in [5.41, 5.74) is 1.26. The molecule has 1 aliphatic rings. The minimum Gasteiger partial charge on any atom is -0.486 e. The van der Waals surface area contributed by atoms with E-state index in [0.29, 0.717) is 36.9 Å². The predicted molar refractivity (Wildman–Crippen MR) is 100 cm³/mol. The summed E-state index contributed by atoms with van der Waals surface area (Å²) in [6, 6.07) is 9.32. The standard InChI is InChI=1S/C17H20N2O6S2/c1-19(11-12-3-6-15-16(9-12)25-8-7-24-15)14-5-4-13(27(18,22)23)10-17(14)26(2,20)21/h3-6,9-10H,7-8,11H2,1-2H3,(H2,18,22,23). The molecule has 8 nitrogen and oxygen atoms in total. The van der Waals surface area contributed by atoms with Crippen molar-refractivity contribution in [3.63, 3.8) is 0 Å². The Morgan fingerprint density at radius 3 is 2.30 bits per heavy atom. The molecule has 0 saturated carbocycles. The van der Waals surface area contributed by atoms with Crippen LogP contribution in [0.5, 0.6) is 11.5 Å². The summed E-state index contributed by atoms with van der Waals surface area (Å²) in [7, 11) is -5.97. The van der Waals surface area contributed by atoms with E-state index in [0.717, 1.165) is 17.9 Å². The molecule has 0 atom stereocenters. The molecule has 2 N–H and O–H groups in total. The van der Waals surface area contributed by atoms with Crippen molar-refractivity contribution in [1.29, 1.82) is 0 Å². The van der Waals surface area contributed by atoms with Gasteiger partial charge in [-0.05, 0) is 35.9 Å². The summed E-state index contributed by atoms with van der Waals surface area (Å²) in [4.78, 5) is 1.36. The Kier molecular flexibility index (Phi) is 5.06. The molecule has 0 amide bonds. The lowest BCUT2D eigenvalue weighted by atomic mass is 10.1.